The van der Waals surface area contributed by atoms with E-state index in [1.54, 1.807) is 0 Å². The van der Waals surface area contributed by atoms with Crippen LogP contribution in [0.4, 0.5) is 4.79 Å². The number of nitrogens with zero attached hydrogens (tertiary/aromatic N) is 4. The van der Waals surface area contributed by atoms with E-state index in [1.807, 2.05) is 38.7 Å². The maximum atomic E-state index is 12.4. The summed E-state index contributed by atoms with van der Waals surface area (Å²) in [6.07, 6.45) is 2.25. The molecule has 1 amide bonds. The lowest BCUT2D eigenvalue weighted by Gasteiger charge is -2.39. The van der Waals surface area contributed by atoms with Gasteiger partial charge in [-0.2, -0.15) is 0 Å². The summed E-state index contributed by atoms with van der Waals surface area (Å²) in [6, 6.07) is 4.56. The Morgan fingerprint density at radius 1 is 1.26 bits per heavy atom. The number of ether oxygens (including phenoxy) is 1. The number of amides is 1. The number of aryl methyl sites for hydroxylation is 1. The number of nitrogens with one attached hydrogen (secondary N) is 1. The molecule has 1 N–H and O–H groups in total. The molecule has 2 fully saturated rings. The molecule has 3 aliphatic heterocycles. The fourth-order valence-electron chi connectivity index (χ4n) is 4.51. The monoisotopic (exact) mass is 545 g/mol. The molecular formula is C22H36IN5O3. The zero-order valence-electron chi connectivity index (χ0n) is 19.1. The number of hydrogen-bond acceptors (Lipinski definition) is 7. The van der Waals surface area contributed by atoms with Gasteiger partial charge in [0.1, 0.15) is 17.1 Å². The van der Waals surface area contributed by atoms with Crippen molar-refractivity contribution < 1.29 is 13.9 Å². The van der Waals surface area contributed by atoms with Gasteiger partial charge in [0.05, 0.1) is 18.6 Å². The average molecular weight is 545 g/mol. The summed E-state index contributed by atoms with van der Waals surface area (Å²) in [5.41, 5.74) is -0.470. The largest absolute Gasteiger partial charge is 0.465 e. The van der Waals surface area contributed by atoms with E-state index in [2.05, 4.69) is 21.2 Å². The molecule has 3 aliphatic rings. The van der Waals surface area contributed by atoms with E-state index < -0.39 is 5.60 Å². The first-order valence-corrected chi connectivity index (χ1v) is 11.1. The van der Waals surface area contributed by atoms with Gasteiger partial charge in [0.25, 0.3) is 0 Å². The molecule has 2 atom stereocenters. The van der Waals surface area contributed by atoms with Crippen molar-refractivity contribution in [2.45, 2.75) is 58.2 Å². The molecule has 9 heteroatoms. The lowest BCUT2D eigenvalue weighted by Crippen LogP contribution is -2.58. The Hall–Kier alpha value is -1.49. The second-order valence-electron chi connectivity index (χ2n) is 9.53. The van der Waals surface area contributed by atoms with E-state index in [0.29, 0.717) is 19.6 Å². The van der Waals surface area contributed by atoms with E-state index in [-0.39, 0.29) is 42.2 Å². The Kier molecular flexibility index (Phi) is 7.77. The Balaban J connectivity index is 0.00000272. The number of piperazine rings is 1. The second-order valence-corrected chi connectivity index (χ2v) is 9.53. The lowest BCUT2D eigenvalue weighted by molar-refractivity contribution is 0.0137. The molecule has 0 radical (unpaired) electrons. The Morgan fingerprint density at radius 2 is 2.00 bits per heavy atom. The standard InChI is InChI=1S/C22H35N5O3.HI/c1-16-7-8-19(29-16)18(25-9-5-6-10-25)14-24-20-23-13-17-15-26(11-12-27(17)20)21(28)30-22(2,3)4;/h7-8,17-18H,5-6,9-15H2,1-4H3,(H,23,24);1H. The minimum Gasteiger partial charge on any atom is -0.465 e. The topological polar surface area (TPSA) is 73.6 Å². The van der Waals surface area contributed by atoms with Crippen molar-refractivity contribution in [1.82, 2.24) is 20.0 Å². The van der Waals surface area contributed by atoms with E-state index in [9.17, 15) is 4.79 Å². The Labute approximate surface area is 202 Å². The quantitative estimate of drug-likeness (QED) is 0.586. The number of carbonyl (C=O) groups excluding carboxylic acids is 1. The van der Waals surface area contributed by atoms with Gasteiger partial charge < -0.3 is 24.3 Å². The molecule has 0 aliphatic carbocycles. The minimum atomic E-state index is -0.470. The smallest absolute Gasteiger partial charge is 0.410 e. The summed E-state index contributed by atoms with van der Waals surface area (Å²) in [4.78, 5) is 23.8. The summed E-state index contributed by atoms with van der Waals surface area (Å²) in [6.45, 7) is 13.5. The van der Waals surface area contributed by atoms with Crippen molar-refractivity contribution in [2.24, 2.45) is 4.99 Å². The van der Waals surface area contributed by atoms with Gasteiger partial charge in [-0.05, 0) is 65.8 Å². The van der Waals surface area contributed by atoms with E-state index in [0.717, 1.165) is 43.7 Å². The number of fused-ring (bicyclic) bond motifs is 1. The lowest BCUT2D eigenvalue weighted by atomic mass is 10.2. The van der Waals surface area contributed by atoms with Gasteiger partial charge in [0.15, 0.2) is 5.96 Å². The summed E-state index contributed by atoms with van der Waals surface area (Å²) in [5, 5.41) is 3.59. The average Bonchev–Trinajstić information content (AvgIpc) is 3.42. The molecule has 2 unspecified atom stereocenters. The predicted octanol–water partition coefficient (Wildman–Crippen LogP) is 3.22. The molecule has 0 bridgehead atoms. The van der Waals surface area contributed by atoms with Gasteiger partial charge in [-0.3, -0.25) is 9.89 Å². The van der Waals surface area contributed by atoms with Crippen LogP contribution < -0.4 is 5.32 Å². The van der Waals surface area contributed by atoms with Crippen LogP contribution in [0.15, 0.2) is 21.5 Å². The number of halogens is 1. The molecule has 1 aromatic heterocycles. The van der Waals surface area contributed by atoms with E-state index in [4.69, 9.17) is 14.1 Å². The second kappa shape index (κ2) is 9.97. The molecule has 0 spiro atoms. The van der Waals surface area contributed by atoms with Crippen molar-refractivity contribution in [3.8, 4) is 0 Å². The van der Waals surface area contributed by atoms with Gasteiger partial charge in [0, 0.05) is 26.2 Å². The van der Waals surface area contributed by atoms with E-state index >= 15 is 0 Å². The highest BCUT2D eigenvalue weighted by Crippen LogP contribution is 2.26. The minimum absolute atomic E-state index is 0. The molecule has 0 aromatic carbocycles. The number of furan rings is 1. The van der Waals surface area contributed by atoms with Gasteiger partial charge in [-0.15, -0.1) is 24.0 Å². The highest BCUT2D eigenvalue weighted by Gasteiger charge is 2.37. The number of guanidine groups is 1. The zero-order valence-corrected chi connectivity index (χ0v) is 21.4. The molecule has 4 heterocycles. The molecule has 8 nitrogen and oxygen atoms in total. The van der Waals surface area contributed by atoms with Crippen LogP contribution in [0, 0.1) is 6.92 Å². The molecule has 1 aromatic rings. The third-order valence-corrected chi connectivity index (χ3v) is 5.98. The number of aliphatic imine (C=N–C) groups is 1. The van der Waals surface area contributed by atoms with Gasteiger partial charge >= 0.3 is 6.09 Å². The van der Waals surface area contributed by atoms with Crippen LogP contribution in [0.1, 0.15) is 51.2 Å². The third-order valence-electron chi connectivity index (χ3n) is 5.98. The fourth-order valence-corrected chi connectivity index (χ4v) is 4.51. The van der Waals surface area contributed by atoms with E-state index in [1.165, 1.54) is 12.8 Å². The number of rotatable bonds is 4. The zero-order chi connectivity index (χ0) is 21.3. The molecule has 174 valence electrons. The molecule has 0 saturated carbocycles. The van der Waals surface area contributed by atoms with Crippen molar-refractivity contribution in [2.75, 3.05) is 45.8 Å². The fraction of sp³-hybridized carbons (Fsp3) is 0.727. The van der Waals surface area contributed by atoms with Crippen molar-refractivity contribution >= 4 is 36.0 Å². The highest BCUT2D eigenvalue weighted by molar-refractivity contribution is 14.0. The number of carbonyl (C=O) groups is 1. The first-order chi connectivity index (χ1) is 14.3. The third kappa shape index (κ3) is 5.85. The van der Waals surface area contributed by atoms with Crippen LogP contribution in [0.2, 0.25) is 0 Å². The molecule has 31 heavy (non-hydrogen) atoms. The summed E-state index contributed by atoms with van der Waals surface area (Å²) < 4.78 is 11.5. The molecule has 4 rings (SSSR count). The first-order valence-electron chi connectivity index (χ1n) is 11.1. The van der Waals surface area contributed by atoms with Crippen LogP contribution in [0.25, 0.3) is 0 Å². The SMILES string of the molecule is Cc1ccc(C(CNC2=NCC3CN(C(=O)OC(C)(C)C)CCN23)N2CCCC2)o1.I. The van der Waals surface area contributed by atoms with Crippen LogP contribution >= 0.6 is 24.0 Å². The van der Waals surface area contributed by atoms with Crippen LogP contribution in [0.5, 0.6) is 0 Å². The van der Waals surface area contributed by atoms with Crippen molar-refractivity contribution in [3.63, 3.8) is 0 Å². The molecular weight excluding hydrogens is 509 g/mol. The summed E-state index contributed by atoms with van der Waals surface area (Å²) in [7, 11) is 0. The summed E-state index contributed by atoms with van der Waals surface area (Å²) >= 11 is 0. The van der Waals surface area contributed by atoms with Crippen molar-refractivity contribution in [1.29, 1.82) is 0 Å². The predicted molar refractivity (Wildman–Crippen MR) is 131 cm³/mol. The van der Waals surface area contributed by atoms with Gasteiger partial charge in [0.2, 0.25) is 0 Å². The van der Waals surface area contributed by atoms with Gasteiger partial charge in [-0.1, -0.05) is 0 Å². The maximum Gasteiger partial charge on any atom is 0.410 e. The van der Waals surface area contributed by atoms with Crippen LogP contribution in [-0.2, 0) is 4.74 Å². The summed E-state index contributed by atoms with van der Waals surface area (Å²) in [5.74, 6) is 2.91. The first kappa shape index (κ1) is 24.2. The van der Waals surface area contributed by atoms with Crippen LogP contribution in [-0.4, -0.2) is 84.2 Å². The van der Waals surface area contributed by atoms with Crippen LogP contribution in [0.3, 0.4) is 0 Å². The Morgan fingerprint density at radius 3 is 2.65 bits per heavy atom. The highest BCUT2D eigenvalue weighted by atomic mass is 127. The number of hydrogen-bond donors (Lipinski definition) is 1. The van der Waals surface area contributed by atoms with Gasteiger partial charge in [-0.25, -0.2) is 4.79 Å². The maximum absolute atomic E-state index is 12.4. The Bertz CT molecular complexity index is 784. The molecule has 2 saturated heterocycles. The number of likely N-dealkylation sites (tertiary alicyclic amines) is 1. The normalized spacial score (nSPS) is 22.6. The van der Waals surface area contributed by atoms with Crippen molar-refractivity contribution in [3.05, 3.63) is 23.7 Å².